The number of aryl methyl sites for hydroxylation is 2. The van der Waals surface area contributed by atoms with Crippen LogP contribution in [0.15, 0.2) is 18.2 Å². The maximum Gasteiger partial charge on any atom is 0.292 e. The summed E-state index contributed by atoms with van der Waals surface area (Å²) in [5, 5.41) is 8.14. The third-order valence-electron chi connectivity index (χ3n) is 3.95. The lowest BCUT2D eigenvalue weighted by atomic mass is 9.89. The van der Waals surface area contributed by atoms with Gasteiger partial charge in [-0.1, -0.05) is 26.0 Å². The Morgan fingerprint density at radius 3 is 2.77 bits per heavy atom. The van der Waals surface area contributed by atoms with Crippen molar-refractivity contribution in [1.29, 1.82) is 0 Å². The molecule has 3 heterocycles. The Balaban J connectivity index is 2.00. The highest BCUT2D eigenvalue weighted by Gasteiger charge is 2.29. The van der Waals surface area contributed by atoms with Crippen molar-refractivity contribution in [2.24, 2.45) is 5.41 Å². The standard InChI is InChI=1S/C16H21N5O/c1-11-9-12(2)21-13(18-19-15(21)17-11)14(22)20-8-6-5-7-16(3,4)10-20/h5-6,9H,7-8,10H2,1-4H3. The maximum absolute atomic E-state index is 12.9. The first-order chi connectivity index (χ1) is 10.4. The van der Waals surface area contributed by atoms with Gasteiger partial charge in [0, 0.05) is 24.5 Å². The van der Waals surface area contributed by atoms with Gasteiger partial charge in [-0.05, 0) is 31.7 Å². The molecular formula is C16H21N5O. The average molecular weight is 299 g/mol. The van der Waals surface area contributed by atoms with Crippen LogP contribution in [-0.2, 0) is 0 Å². The molecular weight excluding hydrogens is 278 g/mol. The van der Waals surface area contributed by atoms with Crippen molar-refractivity contribution in [3.63, 3.8) is 0 Å². The van der Waals surface area contributed by atoms with E-state index in [0.717, 1.165) is 17.8 Å². The molecule has 116 valence electrons. The predicted octanol–water partition coefficient (Wildman–Crippen LogP) is 2.17. The summed E-state index contributed by atoms with van der Waals surface area (Å²) in [5.74, 6) is 0.720. The molecule has 1 amide bonds. The van der Waals surface area contributed by atoms with Crippen molar-refractivity contribution >= 4 is 11.7 Å². The second-order valence-corrected chi connectivity index (χ2v) is 6.72. The number of amides is 1. The van der Waals surface area contributed by atoms with Crippen molar-refractivity contribution in [2.75, 3.05) is 13.1 Å². The van der Waals surface area contributed by atoms with Crippen molar-refractivity contribution in [2.45, 2.75) is 34.1 Å². The molecule has 0 bridgehead atoms. The monoisotopic (exact) mass is 299 g/mol. The molecule has 0 spiro atoms. The van der Waals surface area contributed by atoms with E-state index < -0.39 is 0 Å². The van der Waals surface area contributed by atoms with Crippen molar-refractivity contribution in [1.82, 2.24) is 24.5 Å². The minimum Gasteiger partial charge on any atom is -0.332 e. The molecule has 0 unspecified atom stereocenters. The molecule has 0 saturated carbocycles. The summed E-state index contributed by atoms with van der Waals surface area (Å²) in [6.07, 6.45) is 5.16. The van der Waals surface area contributed by atoms with E-state index in [1.165, 1.54) is 0 Å². The fourth-order valence-corrected chi connectivity index (χ4v) is 2.91. The molecule has 2 aromatic rings. The largest absolute Gasteiger partial charge is 0.332 e. The Kier molecular flexibility index (Phi) is 3.47. The fourth-order valence-electron chi connectivity index (χ4n) is 2.91. The minimum absolute atomic E-state index is 0.0625. The van der Waals surface area contributed by atoms with E-state index in [1.54, 1.807) is 4.40 Å². The number of nitrogens with zero attached hydrogens (tertiary/aromatic N) is 5. The molecule has 0 aliphatic carbocycles. The lowest BCUT2D eigenvalue weighted by Crippen LogP contribution is -2.38. The van der Waals surface area contributed by atoms with Gasteiger partial charge in [-0.3, -0.25) is 9.20 Å². The minimum atomic E-state index is -0.0964. The number of aromatic nitrogens is 4. The Morgan fingerprint density at radius 2 is 2.00 bits per heavy atom. The first kappa shape index (κ1) is 14.7. The van der Waals surface area contributed by atoms with Crippen LogP contribution >= 0.6 is 0 Å². The highest BCUT2D eigenvalue weighted by molar-refractivity contribution is 5.91. The smallest absolute Gasteiger partial charge is 0.292 e. The molecule has 22 heavy (non-hydrogen) atoms. The van der Waals surface area contributed by atoms with Gasteiger partial charge in [0.05, 0.1) is 0 Å². The molecule has 0 radical (unpaired) electrons. The first-order valence-corrected chi connectivity index (χ1v) is 7.51. The Morgan fingerprint density at radius 1 is 1.23 bits per heavy atom. The van der Waals surface area contributed by atoms with Gasteiger partial charge in [-0.25, -0.2) is 4.98 Å². The van der Waals surface area contributed by atoms with Gasteiger partial charge >= 0.3 is 0 Å². The van der Waals surface area contributed by atoms with E-state index in [2.05, 4.69) is 35.1 Å². The van der Waals surface area contributed by atoms with Gasteiger partial charge < -0.3 is 4.90 Å². The van der Waals surface area contributed by atoms with E-state index in [1.807, 2.05) is 30.9 Å². The second-order valence-electron chi connectivity index (χ2n) is 6.72. The van der Waals surface area contributed by atoms with Crippen LogP contribution in [0, 0.1) is 19.3 Å². The SMILES string of the molecule is Cc1cc(C)n2c(C(=O)N3CC=CCC(C)(C)C3)nnc2n1. The van der Waals surface area contributed by atoms with Crippen LogP contribution in [0.1, 0.15) is 42.3 Å². The number of hydrogen-bond acceptors (Lipinski definition) is 4. The summed E-state index contributed by atoms with van der Waals surface area (Å²) in [5.41, 5.74) is 1.85. The number of hydrogen-bond donors (Lipinski definition) is 0. The van der Waals surface area contributed by atoms with Gasteiger partial charge in [0.1, 0.15) is 0 Å². The highest BCUT2D eigenvalue weighted by Crippen LogP contribution is 2.25. The zero-order chi connectivity index (χ0) is 15.9. The maximum atomic E-state index is 12.9. The molecule has 0 atom stereocenters. The highest BCUT2D eigenvalue weighted by atomic mass is 16.2. The van der Waals surface area contributed by atoms with E-state index in [4.69, 9.17) is 0 Å². The number of rotatable bonds is 1. The third-order valence-corrected chi connectivity index (χ3v) is 3.95. The molecule has 1 aliphatic rings. The fraction of sp³-hybridized carbons (Fsp3) is 0.500. The molecule has 0 saturated heterocycles. The van der Waals surface area contributed by atoms with E-state index in [-0.39, 0.29) is 11.3 Å². The normalized spacial score (nSPS) is 17.7. The van der Waals surface area contributed by atoms with Crippen molar-refractivity contribution < 1.29 is 4.79 Å². The van der Waals surface area contributed by atoms with Crippen molar-refractivity contribution in [3.8, 4) is 0 Å². The van der Waals surface area contributed by atoms with Crippen LogP contribution in [0.25, 0.3) is 5.78 Å². The van der Waals surface area contributed by atoms with E-state index in [9.17, 15) is 4.79 Å². The van der Waals surface area contributed by atoms with Gasteiger partial charge in [0.25, 0.3) is 11.7 Å². The number of carbonyl (C=O) groups is 1. The second kappa shape index (κ2) is 5.19. The average Bonchev–Trinajstić information content (AvgIpc) is 2.76. The Hall–Kier alpha value is -2.24. The van der Waals surface area contributed by atoms with E-state index >= 15 is 0 Å². The topological polar surface area (TPSA) is 63.4 Å². The Labute approximate surface area is 129 Å². The molecule has 6 nitrogen and oxygen atoms in total. The van der Waals surface area contributed by atoms with E-state index in [0.29, 0.717) is 24.7 Å². The molecule has 2 aromatic heterocycles. The predicted molar refractivity (Wildman–Crippen MR) is 83.7 cm³/mol. The zero-order valence-electron chi connectivity index (χ0n) is 13.5. The lowest BCUT2D eigenvalue weighted by Gasteiger charge is -2.29. The molecule has 0 fully saturated rings. The molecule has 1 aliphatic heterocycles. The van der Waals surface area contributed by atoms with Crippen LogP contribution in [0.3, 0.4) is 0 Å². The lowest BCUT2D eigenvalue weighted by molar-refractivity contribution is 0.0703. The van der Waals surface area contributed by atoms with Gasteiger partial charge in [-0.15, -0.1) is 10.2 Å². The molecule has 6 heteroatoms. The first-order valence-electron chi connectivity index (χ1n) is 7.51. The summed E-state index contributed by atoms with van der Waals surface area (Å²) < 4.78 is 1.73. The summed E-state index contributed by atoms with van der Waals surface area (Å²) in [6, 6.07) is 1.93. The number of fused-ring (bicyclic) bond motifs is 1. The summed E-state index contributed by atoms with van der Waals surface area (Å²) >= 11 is 0. The van der Waals surface area contributed by atoms with Crippen molar-refractivity contribution in [3.05, 3.63) is 35.4 Å². The molecule has 0 N–H and O–H groups in total. The van der Waals surface area contributed by atoms with Crippen LogP contribution < -0.4 is 0 Å². The summed E-state index contributed by atoms with van der Waals surface area (Å²) in [4.78, 5) is 19.1. The molecule has 3 rings (SSSR count). The Bertz CT molecular complexity index is 759. The van der Waals surface area contributed by atoms with Gasteiger partial charge in [0.15, 0.2) is 0 Å². The van der Waals surface area contributed by atoms with Crippen LogP contribution in [0.4, 0.5) is 0 Å². The molecule has 0 aromatic carbocycles. The van der Waals surface area contributed by atoms with Crippen LogP contribution in [0.5, 0.6) is 0 Å². The number of allylic oxidation sites excluding steroid dienone is 1. The van der Waals surface area contributed by atoms with Crippen LogP contribution in [0.2, 0.25) is 0 Å². The summed E-state index contributed by atoms with van der Waals surface area (Å²) in [6.45, 7) is 9.49. The third kappa shape index (κ3) is 2.61. The summed E-state index contributed by atoms with van der Waals surface area (Å²) in [7, 11) is 0. The van der Waals surface area contributed by atoms with Crippen LogP contribution in [-0.4, -0.2) is 43.5 Å². The zero-order valence-corrected chi connectivity index (χ0v) is 13.5. The quantitative estimate of drug-likeness (QED) is 0.757. The van der Waals surface area contributed by atoms with Gasteiger partial charge in [-0.2, -0.15) is 0 Å². The van der Waals surface area contributed by atoms with Gasteiger partial charge in [0.2, 0.25) is 5.82 Å². The number of carbonyl (C=O) groups excluding carboxylic acids is 1.